The fourth-order valence-electron chi connectivity index (χ4n) is 1.96. The number of hydrazine groups is 1. The van der Waals surface area contributed by atoms with Crippen molar-refractivity contribution >= 4 is 18.3 Å². The highest BCUT2D eigenvalue weighted by Gasteiger charge is 2.51. The van der Waals surface area contributed by atoms with E-state index in [1.54, 1.807) is 6.20 Å². The zero-order valence-electron chi connectivity index (χ0n) is 12.5. The summed E-state index contributed by atoms with van der Waals surface area (Å²) in [4.78, 5) is 0. The summed E-state index contributed by atoms with van der Waals surface area (Å²) in [5.74, 6) is 5.80. The van der Waals surface area contributed by atoms with Crippen LogP contribution in [-0.4, -0.2) is 18.3 Å². The van der Waals surface area contributed by atoms with Crippen molar-refractivity contribution in [2.75, 3.05) is 5.01 Å². The minimum absolute atomic E-state index is 0.335. The van der Waals surface area contributed by atoms with Crippen molar-refractivity contribution in [1.29, 1.82) is 0 Å². The summed E-state index contributed by atoms with van der Waals surface area (Å²) in [6.45, 7) is 8.15. The normalized spacial score (nSPS) is 20.6. The van der Waals surface area contributed by atoms with Crippen LogP contribution >= 0.6 is 0 Å². The van der Waals surface area contributed by atoms with Gasteiger partial charge in [0.1, 0.15) is 0 Å². The first-order valence-electron chi connectivity index (χ1n) is 6.65. The smallest absolute Gasteiger partial charge is 0.403 e. The highest BCUT2D eigenvalue weighted by atomic mass is 16.7. The topological polar surface area (TPSA) is 73.7 Å². The van der Waals surface area contributed by atoms with Gasteiger partial charge < -0.3 is 15.0 Å². The molecule has 0 unspecified atom stereocenters. The molecule has 0 spiro atoms. The third-order valence-corrected chi connectivity index (χ3v) is 3.96. The molecule has 6 heteroatoms. The first kappa shape index (κ1) is 14.9. The van der Waals surface area contributed by atoms with Crippen molar-refractivity contribution in [1.82, 2.24) is 0 Å². The van der Waals surface area contributed by atoms with Gasteiger partial charge in [-0.25, -0.2) is 5.84 Å². The molecule has 1 saturated heterocycles. The Balaban J connectivity index is 2.16. The summed E-state index contributed by atoms with van der Waals surface area (Å²) in [5, 5.41) is 1.45. The first-order chi connectivity index (χ1) is 9.27. The average molecular weight is 275 g/mol. The molecule has 4 N–H and O–H groups in total. The van der Waals surface area contributed by atoms with E-state index in [4.69, 9.17) is 20.9 Å². The van der Waals surface area contributed by atoms with Gasteiger partial charge >= 0.3 is 7.12 Å². The molecule has 0 atom stereocenters. The molecular weight excluding hydrogens is 253 g/mol. The molecule has 1 heterocycles. The molecule has 2 rings (SSSR count). The predicted octanol–water partition coefficient (Wildman–Crippen LogP) is 1.10. The standard InChI is InChI=1S/C14H22BN3O2/c1-13(2)14(3,4)20-15(19-13)11-5-7-12(8-6-11)18(17)10-9-16/h5-10H,16-17H2,1-4H3/b10-9-. The fraction of sp³-hybridized carbons (Fsp3) is 0.429. The predicted molar refractivity (Wildman–Crippen MR) is 82.2 cm³/mol. The molecule has 1 aromatic carbocycles. The van der Waals surface area contributed by atoms with E-state index < -0.39 is 0 Å². The zero-order valence-corrected chi connectivity index (χ0v) is 12.5. The van der Waals surface area contributed by atoms with Gasteiger partial charge in [-0.15, -0.1) is 0 Å². The van der Waals surface area contributed by atoms with E-state index in [2.05, 4.69) is 0 Å². The van der Waals surface area contributed by atoms with Gasteiger partial charge in [-0.05, 0) is 45.3 Å². The highest BCUT2D eigenvalue weighted by Crippen LogP contribution is 2.36. The van der Waals surface area contributed by atoms with E-state index >= 15 is 0 Å². The fourth-order valence-corrected chi connectivity index (χ4v) is 1.96. The van der Waals surface area contributed by atoms with Crippen LogP contribution in [0.2, 0.25) is 0 Å². The summed E-state index contributed by atoms with van der Waals surface area (Å²) in [6.07, 6.45) is 2.98. The van der Waals surface area contributed by atoms with Crippen LogP contribution < -0.4 is 22.0 Å². The lowest BCUT2D eigenvalue weighted by Crippen LogP contribution is -2.41. The second-order valence-electron chi connectivity index (χ2n) is 5.93. The Bertz CT molecular complexity index is 484. The van der Waals surface area contributed by atoms with Crippen LogP contribution in [0.1, 0.15) is 27.7 Å². The average Bonchev–Trinajstić information content (AvgIpc) is 2.59. The number of rotatable bonds is 3. The number of nitrogens with two attached hydrogens (primary N) is 2. The van der Waals surface area contributed by atoms with Crippen LogP contribution in [-0.2, 0) is 9.31 Å². The Morgan fingerprint density at radius 1 is 1.05 bits per heavy atom. The van der Waals surface area contributed by atoms with Crippen LogP contribution in [0.4, 0.5) is 5.69 Å². The van der Waals surface area contributed by atoms with Crippen molar-refractivity contribution in [3.63, 3.8) is 0 Å². The van der Waals surface area contributed by atoms with E-state index in [1.807, 2.05) is 52.0 Å². The molecule has 20 heavy (non-hydrogen) atoms. The molecule has 1 fully saturated rings. The van der Waals surface area contributed by atoms with Crippen LogP contribution in [0.5, 0.6) is 0 Å². The Morgan fingerprint density at radius 2 is 1.55 bits per heavy atom. The van der Waals surface area contributed by atoms with Gasteiger partial charge in [0.25, 0.3) is 0 Å². The zero-order chi connectivity index (χ0) is 15.0. The quantitative estimate of drug-likeness (QED) is 0.491. The number of anilines is 1. The molecule has 0 radical (unpaired) electrons. The van der Waals surface area contributed by atoms with Crippen LogP contribution in [0.3, 0.4) is 0 Å². The number of nitrogens with zero attached hydrogens (tertiary/aromatic N) is 1. The summed E-state index contributed by atoms with van der Waals surface area (Å²) < 4.78 is 12.0. The van der Waals surface area contributed by atoms with Gasteiger partial charge in [-0.1, -0.05) is 12.1 Å². The Morgan fingerprint density at radius 3 is 2.00 bits per heavy atom. The first-order valence-corrected chi connectivity index (χ1v) is 6.65. The van der Waals surface area contributed by atoms with Crippen LogP contribution in [0.25, 0.3) is 0 Å². The Hall–Kier alpha value is -1.50. The van der Waals surface area contributed by atoms with E-state index in [9.17, 15) is 0 Å². The van der Waals surface area contributed by atoms with Crippen molar-refractivity contribution in [2.45, 2.75) is 38.9 Å². The van der Waals surface area contributed by atoms with E-state index in [0.29, 0.717) is 0 Å². The van der Waals surface area contributed by atoms with Gasteiger partial charge in [0.2, 0.25) is 0 Å². The van der Waals surface area contributed by atoms with E-state index in [0.717, 1.165) is 11.2 Å². The highest BCUT2D eigenvalue weighted by molar-refractivity contribution is 6.62. The lowest BCUT2D eigenvalue weighted by molar-refractivity contribution is 0.00578. The van der Waals surface area contributed by atoms with Crippen molar-refractivity contribution in [2.24, 2.45) is 11.6 Å². The number of benzene rings is 1. The molecule has 0 aliphatic carbocycles. The molecule has 1 aliphatic rings. The minimum Gasteiger partial charge on any atom is -0.403 e. The largest absolute Gasteiger partial charge is 0.494 e. The van der Waals surface area contributed by atoms with Crippen LogP contribution in [0.15, 0.2) is 36.7 Å². The summed E-state index contributed by atoms with van der Waals surface area (Å²) in [5.41, 5.74) is 6.45. The summed E-state index contributed by atoms with van der Waals surface area (Å²) >= 11 is 0. The lowest BCUT2D eigenvalue weighted by atomic mass is 9.79. The molecule has 0 amide bonds. The monoisotopic (exact) mass is 275 g/mol. The van der Waals surface area contributed by atoms with Crippen molar-refractivity contribution < 1.29 is 9.31 Å². The SMILES string of the molecule is CC1(C)OB(c2ccc(N(N)/C=C\N)cc2)OC1(C)C. The maximum absolute atomic E-state index is 6.00. The minimum atomic E-state index is -0.356. The van der Waals surface area contributed by atoms with Gasteiger partial charge in [0, 0.05) is 12.4 Å². The lowest BCUT2D eigenvalue weighted by Gasteiger charge is -2.32. The molecule has 108 valence electrons. The summed E-state index contributed by atoms with van der Waals surface area (Å²) in [7, 11) is -0.356. The summed E-state index contributed by atoms with van der Waals surface area (Å²) in [6, 6.07) is 7.70. The van der Waals surface area contributed by atoms with Gasteiger partial charge in [0.05, 0.1) is 16.9 Å². The van der Waals surface area contributed by atoms with Gasteiger partial charge in [-0.2, -0.15) is 0 Å². The third kappa shape index (κ3) is 2.68. The van der Waals surface area contributed by atoms with Crippen LogP contribution in [0, 0.1) is 0 Å². The third-order valence-electron chi connectivity index (χ3n) is 3.96. The van der Waals surface area contributed by atoms with Crippen molar-refractivity contribution in [3.8, 4) is 0 Å². The Labute approximate surface area is 120 Å². The maximum atomic E-state index is 6.00. The number of hydrogen-bond acceptors (Lipinski definition) is 5. The Kier molecular flexibility index (Phi) is 3.82. The molecule has 0 saturated carbocycles. The second-order valence-corrected chi connectivity index (χ2v) is 5.93. The molecular formula is C14H22BN3O2. The molecule has 0 bridgehead atoms. The molecule has 1 aromatic rings. The molecule has 1 aliphatic heterocycles. The molecule has 0 aromatic heterocycles. The maximum Gasteiger partial charge on any atom is 0.494 e. The number of hydrogen-bond donors (Lipinski definition) is 2. The van der Waals surface area contributed by atoms with Gasteiger partial charge in [0.15, 0.2) is 0 Å². The van der Waals surface area contributed by atoms with E-state index in [1.165, 1.54) is 11.2 Å². The molecule has 5 nitrogen and oxygen atoms in total. The van der Waals surface area contributed by atoms with Crippen molar-refractivity contribution in [3.05, 3.63) is 36.7 Å². The van der Waals surface area contributed by atoms with E-state index in [-0.39, 0.29) is 18.3 Å². The van der Waals surface area contributed by atoms with Gasteiger partial charge in [-0.3, -0.25) is 5.01 Å². The second kappa shape index (κ2) is 5.12.